The van der Waals surface area contributed by atoms with Crippen molar-refractivity contribution in [1.29, 1.82) is 0 Å². The smallest absolute Gasteiger partial charge is 0.311 e. The standard InChI is InChI=1S/C14H18O3/c1-4-10(5-2)13(14(15)16)11-6-8-12(17-3)9-7-11/h4,6-10,13H,1,5H2,2-3H3,(H,15,16)/t10-,13?/m0/s1. The number of rotatable bonds is 6. The highest BCUT2D eigenvalue weighted by molar-refractivity contribution is 5.77. The lowest BCUT2D eigenvalue weighted by molar-refractivity contribution is -0.139. The summed E-state index contributed by atoms with van der Waals surface area (Å²) >= 11 is 0. The van der Waals surface area contributed by atoms with Crippen molar-refractivity contribution in [2.75, 3.05) is 7.11 Å². The Labute approximate surface area is 102 Å². The van der Waals surface area contributed by atoms with Crippen molar-refractivity contribution >= 4 is 5.97 Å². The average molecular weight is 234 g/mol. The minimum Gasteiger partial charge on any atom is -0.497 e. The van der Waals surface area contributed by atoms with Crippen LogP contribution in [-0.4, -0.2) is 18.2 Å². The van der Waals surface area contributed by atoms with Crippen molar-refractivity contribution in [1.82, 2.24) is 0 Å². The summed E-state index contributed by atoms with van der Waals surface area (Å²) in [6.07, 6.45) is 2.47. The molecule has 0 spiro atoms. The molecule has 0 saturated carbocycles. The lowest BCUT2D eigenvalue weighted by Gasteiger charge is -2.20. The molecule has 0 saturated heterocycles. The van der Waals surface area contributed by atoms with Gasteiger partial charge in [-0.2, -0.15) is 0 Å². The van der Waals surface area contributed by atoms with Crippen molar-refractivity contribution < 1.29 is 14.6 Å². The van der Waals surface area contributed by atoms with Crippen LogP contribution in [0, 0.1) is 5.92 Å². The minimum absolute atomic E-state index is 0.0547. The van der Waals surface area contributed by atoms with Gasteiger partial charge in [-0.15, -0.1) is 6.58 Å². The maximum atomic E-state index is 11.3. The zero-order valence-electron chi connectivity index (χ0n) is 10.2. The first kappa shape index (κ1) is 13.3. The second-order valence-electron chi connectivity index (χ2n) is 3.90. The van der Waals surface area contributed by atoms with Gasteiger partial charge in [0.15, 0.2) is 0 Å². The van der Waals surface area contributed by atoms with E-state index in [1.165, 1.54) is 0 Å². The fourth-order valence-corrected chi connectivity index (χ4v) is 1.92. The zero-order chi connectivity index (χ0) is 12.8. The second kappa shape index (κ2) is 6.09. The third kappa shape index (κ3) is 3.09. The van der Waals surface area contributed by atoms with Gasteiger partial charge < -0.3 is 9.84 Å². The van der Waals surface area contributed by atoms with Crippen LogP contribution in [0.3, 0.4) is 0 Å². The summed E-state index contributed by atoms with van der Waals surface area (Å²) in [4.78, 5) is 11.3. The molecule has 1 unspecified atom stereocenters. The van der Waals surface area contributed by atoms with E-state index in [4.69, 9.17) is 4.74 Å². The molecule has 3 nitrogen and oxygen atoms in total. The molecule has 1 aromatic carbocycles. The predicted molar refractivity (Wildman–Crippen MR) is 67.3 cm³/mol. The molecule has 3 heteroatoms. The first-order valence-electron chi connectivity index (χ1n) is 5.63. The van der Waals surface area contributed by atoms with E-state index in [2.05, 4.69) is 6.58 Å². The molecule has 17 heavy (non-hydrogen) atoms. The Balaban J connectivity index is 3.04. The third-order valence-corrected chi connectivity index (χ3v) is 2.94. The molecule has 0 amide bonds. The number of hydrogen-bond donors (Lipinski definition) is 1. The van der Waals surface area contributed by atoms with Crippen LogP contribution in [-0.2, 0) is 4.79 Å². The maximum absolute atomic E-state index is 11.3. The number of carbonyl (C=O) groups is 1. The topological polar surface area (TPSA) is 46.5 Å². The quantitative estimate of drug-likeness (QED) is 0.769. The van der Waals surface area contributed by atoms with Crippen LogP contribution >= 0.6 is 0 Å². The molecule has 1 N–H and O–H groups in total. The van der Waals surface area contributed by atoms with Gasteiger partial charge in [0.05, 0.1) is 13.0 Å². The van der Waals surface area contributed by atoms with Gasteiger partial charge in [0, 0.05) is 0 Å². The normalized spacial score (nSPS) is 13.8. The molecule has 0 radical (unpaired) electrons. The van der Waals surface area contributed by atoms with Crippen LogP contribution in [0.4, 0.5) is 0 Å². The van der Waals surface area contributed by atoms with Crippen molar-refractivity contribution in [2.24, 2.45) is 5.92 Å². The monoisotopic (exact) mass is 234 g/mol. The summed E-state index contributed by atoms with van der Waals surface area (Å²) in [5, 5.41) is 9.31. The Morgan fingerprint density at radius 3 is 2.41 bits per heavy atom. The van der Waals surface area contributed by atoms with E-state index >= 15 is 0 Å². The summed E-state index contributed by atoms with van der Waals surface area (Å²) < 4.78 is 5.05. The molecule has 2 atom stereocenters. The van der Waals surface area contributed by atoms with Crippen molar-refractivity contribution in [3.05, 3.63) is 42.5 Å². The van der Waals surface area contributed by atoms with E-state index in [1.807, 2.05) is 6.92 Å². The SMILES string of the molecule is C=C[C@@H](CC)C(C(=O)O)c1ccc(OC)cc1. The number of carboxylic acids is 1. The number of methoxy groups -OCH3 is 1. The highest BCUT2D eigenvalue weighted by atomic mass is 16.5. The molecule has 0 bridgehead atoms. The van der Waals surface area contributed by atoms with E-state index < -0.39 is 11.9 Å². The highest BCUT2D eigenvalue weighted by Crippen LogP contribution is 2.29. The van der Waals surface area contributed by atoms with Crippen LogP contribution in [0.25, 0.3) is 0 Å². The number of benzene rings is 1. The van der Waals surface area contributed by atoms with Gasteiger partial charge in [0.25, 0.3) is 0 Å². The first-order chi connectivity index (χ1) is 8.13. The summed E-state index contributed by atoms with van der Waals surface area (Å²) in [5.74, 6) is -0.684. The number of ether oxygens (including phenoxy) is 1. The van der Waals surface area contributed by atoms with Gasteiger partial charge >= 0.3 is 5.97 Å². The molecule has 1 rings (SSSR count). The largest absolute Gasteiger partial charge is 0.497 e. The molecule has 0 heterocycles. The first-order valence-corrected chi connectivity index (χ1v) is 5.63. The lowest BCUT2D eigenvalue weighted by atomic mass is 9.84. The Bertz CT molecular complexity index is 381. The summed E-state index contributed by atoms with van der Waals surface area (Å²) in [5.41, 5.74) is 0.782. The molecule has 0 aliphatic heterocycles. The Hall–Kier alpha value is -1.77. The highest BCUT2D eigenvalue weighted by Gasteiger charge is 2.26. The fraction of sp³-hybridized carbons (Fsp3) is 0.357. The second-order valence-corrected chi connectivity index (χ2v) is 3.90. The molecule has 92 valence electrons. The van der Waals surface area contributed by atoms with Crippen LogP contribution in [0.5, 0.6) is 5.75 Å². The zero-order valence-corrected chi connectivity index (χ0v) is 10.2. The van der Waals surface area contributed by atoms with Crippen LogP contribution in [0.2, 0.25) is 0 Å². The minimum atomic E-state index is -0.818. The van der Waals surface area contributed by atoms with E-state index in [1.54, 1.807) is 37.5 Å². The van der Waals surface area contributed by atoms with Crippen molar-refractivity contribution in [3.63, 3.8) is 0 Å². The molecule has 0 aliphatic carbocycles. The third-order valence-electron chi connectivity index (χ3n) is 2.94. The van der Waals surface area contributed by atoms with Crippen LogP contribution in [0.1, 0.15) is 24.8 Å². The molecule has 1 aromatic rings. The molecule has 0 aromatic heterocycles. The Kier molecular flexibility index (Phi) is 4.76. The van der Waals surface area contributed by atoms with Gasteiger partial charge in [0.2, 0.25) is 0 Å². The predicted octanol–water partition coefficient (Wildman–Crippen LogP) is 3.08. The lowest BCUT2D eigenvalue weighted by Crippen LogP contribution is -2.19. The van der Waals surface area contributed by atoms with E-state index in [-0.39, 0.29) is 5.92 Å². The number of allylic oxidation sites excluding steroid dienone is 1. The summed E-state index contributed by atoms with van der Waals surface area (Å²) in [6, 6.07) is 7.15. The Morgan fingerprint density at radius 1 is 1.47 bits per heavy atom. The average Bonchev–Trinajstić information content (AvgIpc) is 2.35. The molecular weight excluding hydrogens is 216 g/mol. The number of hydrogen-bond acceptors (Lipinski definition) is 2. The van der Waals surface area contributed by atoms with Gasteiger partial charge in [-0.05, 0) is 30.0 Å². The van der Waals surface area contributed by atoms with Gasteiger partial charge in [-0.25, -0.2) is 0 Å². The molecule has 0 fully saturated rings. The number of carboxylic acid groups (broad SMARTS) is 1. The van der Waals surface area contributed by atoms with Crippen LogP contribution < -0.4 is 4.74 Å². The fourth-order valence-electron chi connectivity index (χ4n) is 1.92. The molecule has 0 aliphatic rings. The van der Waals surface area contributed by atoms with Gasteiger partial charge in [-0.3, -0.25) is 4.79 Å². The van der Waals surface area contributed by atoms with E-state index in [0.29, 0.717) is 0 Å². The van der Waals surface area contributed by atoms with Crippen molar-refractivity contribution in [3.8, 4) is 5.75 Å². The van der Waals surface area contributed by atoms with E-state index in [0.717, 1.165) is 17.7 Å². The van der Waals surface area contributed by atoms with Crippen LogP contribution in [0.15, 0.2) is 36.9 Å². The summed E-state index contributed by atoms with van der Waals surface area (Å²) in [7, 11) is 1.59. The number of aliphatic carboxylic acids is 1. The Morgan fingerprint density at radius 2 is 2.06 bits per heavy atom. The summed E-state index contributed by atoms with van der Waals surface area (Å²) in [6.45, 7) is 5.67. The van der Waals surface area contributed by atoms with E-state index in [9.17, 15) is 9.90 Å². The van der Waals surface area contributed by atoms with Crippen molar-refractivity contribution in [2.45, 2.75) is 19.3 Å². The van der Waals surface area contributed by atoms with Gasteiger partial charge in [0.1, 0.15) is 5.75 Å². The maximum Gasteiger partial charge on any atom is 0.311 e. The molecular formula is C14H18O3. The van der Waals surface area contributed by atoms with Gasteiger partial charge in [-0.1, -0.05) is 25.1 Å².